The van der Waals surface area contributed by atoms with Gasteiger partial charge in [0.2, 0.25) is 11.9 Å². The van der Waals surface area contributed by atoms with E-state index in [-0.39, 0.29) is 18.0 Å². The van der Waals surface area contributed by atoms with E-state index in [0.717, 1.165) is 29.0 Å². The van der Waals surface area contributed by atoms with Gasteiger partial charge in [-0.3, -0.25) is 0 Å². The van der Waals surface area contributed by atoms with Gasteiger partial charge in [0.05, 0.1) is 25.8 Å². The Morgan fingerprint density at radius 1 is 1.19 bits per heavy atom. The van der Waals surface area contributed by atoms with E-state index in [9.17, 15) is 0 Å². The summed E-state index contributed by atoms with van der Waals surface area (Å²) in [5.74, 6) is 2.61. The van der Waals surface area contributed by atoms with Crippen molar-refractivity contribution < 1.29 is 9.47 Å². The highest BCUT2D eigenvalue weighted by atomic mass is 16.5. The van der Waals surface area contributed by atoms with Gasteiger partial charge in [0, 0.05) is 5.56 Å². The van der Waals surface area contributed by atoms with Crippen LogP contribution in [0.15, 0.2) is 48.5 Å². The van der Waals surface area contributed by atoms with Crippen LogP contribution in [0.2, 0.25) is 0 Å². The SMILES string of the molecule is CCOc1ccc([C@@H]2C[C@H](c3ccccc3OC)n3nc(N)nc3N2)cc1. The first-order valence-electron chi connectivity index (χ1n) is 9.03. The Kier molecular flexibility index (Phi) is 4.58. The van der Waals surface area contributed by atoms with Crippen LogP contribution in [-0.4, -0.2) is 28.5 Å². The molecule has 0 bridgehead atoms. The minimum Gasteiger partial charge on any atom is -0.496 e. The molecule has 3 aromatic rings. The van der Waals surface area contributed by atoms with Crippen molar-refractivity contribution in [3.8, 4) is 11.5 Å². The fraction of sp³-hybridized carbons (Fsp3) is 0.300. The standard InChI is InChI=1S/C20H23N5O2/c1-3-27-14-10-8-13(9-11-14)16-12-17(15-6-4-5-7-18(15)26-2)25-20(22-16)23-19(21)24-25/h4-11,16-17H,3,12H2,1-2H3,(H3,21,22,23,24)/t16-,17+/m0/s1. The van der Waals surface area contributed by atoms with E-state index >= 15 is 0 Å². The highest BCUT2D eigenvalue weighted by molar-refractivity contribution is 5.45. The Bertz CT molecular complexity index is 922. The van der Waals surface area contributed by atoms with Gasteiger partial charge in [-0.25, -0.2) is 4.68 Å². The zero-order valence-corrected chi connectivity index (χ0v) is 15.4. The number of anilines is 2. The van der Waals surface area contributed by atoms with Crippen LogP contribution in [0.3, 0.4) is 0 Å². The summed E-state index contributed by atoms with van der Waals surface area (Å²) in [6.07, 6.45) is 0.796. The smallest absolute Gasteiger partial charge is 0.241 e. The van der Waals surface area contributed by atoms with Gasteiger partial charge >= 0.3 is 0 Å². The molecule has 1 aromatic heterocycles. The van der Waals surface area contributed by atoms with E-state index in [1.54, 1.807) is 7.11 Å². The topological polar surface area (TPSA) is 87.2 Å². The predicted octanol–water partition coefficient (Wildman–Crippen LogP) is 3.41. The lowest BCUT2D eigenvalue weighted by Gasteiger charge is -2.32. The Balaban J connectivity index is 1.71. The summed E-state index contributed by atoms with van der Waals surface area (Å²) in [5, 5.41) is 7.85. The molecule has 7 heteroatoms. The summed E-state index contributed by atoms with van der Waals surface area (Å²) in [4.78, 5) is 4.36. The molecule has 0 spiro atoms. The Hall–Kier alpha value is -3.22. The molecule has 1 aliphatic rings. The van der Waals surface area contributed by atoms with Crippen molar-refractivity contribution in [2.24, 2.45) is 0 Å². The number of rotatable bonds is 5. The Labute approximate surface area is 158 Å². The van der Waals surface area contributed by atoms with E-state index in [1.807, 2.05) is 41.9 Å². The monoisotopic (exact) mass is 365 g/mol. The number of methoxy groups -OCH3 is 1. The van der Waals surface area contributed by atoms with Crippen molar-refractivity contribution >= 4 is 11.9 Å². The third kappa shape index (κ3) is 3.28. The van der Waals surface area contributed by atoms with Crippen LogP contribution in [0, 0.1) is 0 Å². The summed E-state index contributed by atoms with van der Waals surface area (Å²) in [7, 11) is 1.68. The lowest BCUT2D eigenvalue weighted by atomic mass is 9.93. The number of para-hydroxylation sites is 1. The largest absolute Gasteiger partial charge is 0.496 e. The third-order valence-electron chi connectivity index (χ3n) is 4.80. The van der Waals surface area contributed by atoms with Crippen LogP contribution in [0.1, 0.15) is 36.6 Å². The van der Waals surface area contributed by atoms with E-state index < -0.39 is 0 Å². The second-order valence-electron chi connectivity index (χ2n) is 6.43. The minimum absolute atomic E-state index is 0.0289. The number of benzene rings is 2. The van der Waals surface area contributed by atoms with Gasteiger partial charge in [-0.15, -0.1) is 5.10 Å². The summed E-state index contributed by atoms with van der Waals surface area (Å²) in [6, 6.07) is 16.2. The van der Waals surface area contributed by atoms with Crippen LogP contribution in [0.25, 0.3) is 0 Å². The van der Waals surface area contributed by atoms with Gasteiger partial charge < -0.3 is 20.5 Å². The molecule has 1 aliphatic heterocycles. The fourth-order valence-corrected chi connectivity index (χ4v) is 3.58. The number of nitrogen functional groups attached to an aromatic ring is 1. The molecule has 2 aromatic carbocycles. The van der Waals surface area contributed by atoms with Gasteiger partial charge in [0.25, 0.3) is 0 Å². The number of nitrogens with one attached hydrogen (secondary N) is 1. The quantitative estimate of drug-likeness (QED) is 0.720. The van der Waals surface area contributed by atoms with E-state index in [4.69, 9.17) is 15.2 Å². The maximum Gasteiger partial charge on any atom is 0.241 e. The molecule has 27 heavy (non-hydrogen) atoms. The summed E-state index contributed by atoms with van der Waals surface area (Å²) in [5.41, 5.74) is 8.09. The molecule has 4 rings (SSSR count). The maximum atomic E-state index is 5.88. The molecule has 2 heterocycles. The number of hydrogen-bond donors (Lipinski definition) is 2. The van der Waals surface area contributed by atoms with Crippen molar-refractivity contribution in [1.82, 2.24) is 14.8 Å². The van der Waals surface area contributed by atoms with E-state index in [1.165, 1.54) is 0 Å². The molecule has 0 saturated carbocycles. The number of nitrogens with two attached hydrogens (primary N) is 1. The molecular weight excluding hydrogens is 342 g/mol. The van der Waals surface area contributed by atoms with Gasteiger partial charge in [0.1, 0.15) is 11.5 Å². The number of ether oxygens (including phenoxy) is 2. The third-order valence-corrected chi connectivity index (χ3v) is 4.80. The first kappa shape index (κ1) is 17.2. The Morgan fingerprint density at radius 2 is 1.96 bits per heavy atom. The normalized spacial score (nSPS) is 18.4. The first-order chi connectivity index (χ1) is 13.2. The van der Waals surface area contributed by atoms with Gasteiger partial charge in [-0.2, -0.15) is 4.98 Å². The molecule has 0 radical (unpaired) electrons. The lowest BCUT2D eigenvalue weighted by Crippen LogP contribution is -2.28. The molecule has 0 fully saturated rings. The van der Waals surface area contributed by atoms with E-state index in [0.29, 0.717) is 12.6 Å². The minimum atomic E-state index is -0.0289. The van der Waals surface area contributed by atoms with Crippen molar-refractivity contribution in [1.29, 1.82) is 0 Å². The van der Waals surface area contributed by atoms with Gasteiger partial charge in [0.15, 0.2) is 0 Å². The number of nitrogens with zero attached hydrogens (tertiary/aromatic N) is 3. The lowest BCUT2D eigenvalue weighted by molar-refractivity contribution is 0.340. The molecule has 140 valence electrons. The van der Waals surface area contributed by atoms with Crippen molar-refractivity contribution in [3.63, 3.8) is 0 Å². The Morgan fingerprint density at radius 3 is 2.70 bits per heavy atom. The summed E-state index contributed by atoms with van der Waals surface area (Å²) < 4.78 is 13.0. The molecule has 7 nitrogen and oxygen atoms in total. The zero-order chi connectivity index (χ0) is 18.8. The van der Waals surface area contributed by atoms with Crippen LogP contribution >= 0.6 is 0 Å². The van der Waals surface area contributed by atoms with Gasteiger partial charge in [-0.1, -0.05) is 30.3 Å². The number of hydrogen-bond acceptors (Lipinski definition) is 6. The van der Waals surface area contributed by atoms with Crippen molar-refractivity contribution in [3.05, 3.63) is 59.7 Å². The van der Waals surface area contributed by atoms with Crippen LogP contribution in [0.5, 0.6) is 11.5 Å². The maximum absolute atomic E-state index is 5.88. The second kappa shape index (κ2) is 7.19. The van der Waals surface area contributed by atoms with Gasteiger partial charge in [-0.05, 0) is 37.1 Å². The highest BCUT2D eigenvalue weighted by Gasteiger charge is 2.32. The zero-order valence-electron chi connectivity index (χ0n) is 15.4. The number of aromatic nitrogens is 3. The van der Waals surface area contributed by atoms with Crippen molar-refractivity contribution in [2.75, 3.05) is 24.8 Å². The van der Waals surface area contributed by atoms with E-state index in [2.05, 4.69) is 33.6 Å². The molecule has 0 unspecified atom stereocenters. The average Bonchev–Trinajstić information content (AvgIpc) is 3.08. The molecule has 0 saturated heterocycles. The molecule has 0 amide bonds. The fourth-order valence-electron chi connectivity index (χ4n) is 3.58. The van der Waals surface area contributed by atoms with Crippen molar-refractivity contribution in [2.45, 2.75) is 25.4 Å². The van der Waals surface area contributed by atoms with Crippen LogP contribution in [-0.2, 0) is 0 Å². The molecule has 0 aliphatic carbocycles. The second-order valence-corrected chi connectivity index (χ2v) is 6.43. The van der Waals surface area contributed by atoms with Crippen LogP contribution < -0.4 is 20.5 Å². The highest BCUT2D eigenvalue weighted by Crippen LogP contribution is 2.41. The molecule has 2 atom stereocenters. The average molecular weight is 365 g/mol. The summed E-state index contributed by atoms with van der Waals surface area (Å²) in [6.45, 7) is 2.63. The van der Waals surface area contributed by atoms with Crippen LogP contribution in [0.4, 0.5) is 11.9 Å². The number of fused-ring (bicyclic) bond motifs is 1. The predicted molar refractivity (Wildman–Crippen MR) is 104 cm³/mol. The first-order valence-corrected chi connectivity index (χ1v) is 9.03. The molecular formula is C20H23N5O2. The molecule has 3 N–H and O–H groups in total. The summed E-state index contributed by atoms with van der Waals surface area (Å²) >= 11 is 0.